The molecule has 0 saturated carbocycles. The summed E-state index contributed by atoms with van der Waals surface area (Å²) in [6.45, 7) is 0. The van der Waals surface area contributed by atoms with E-state index in [0.717, 1.165) is 22.0 Å². The first kappa shape index (κ1) is 9.72. The molecule has 0 aliphatic heterocycles. The fraction of sp³-hybridized carbons (Fsp3) is 0. The number of hydrogen-bond acceptors (Lipinski definition) is 4. The van der Waals surface area contributed by atoms with Crippen LogP contribution >= 0.6 is 0 Å². The van der Waals surface area contributed by atoms with Gasteiger partial charge in [-0.1, -0.05) is 24.3 Å². The summed E-state index contributed by atoms with van der Waals surface area (Å²) in [4.78, 5) is 4.21. The standard InChI is InChI=1S/C13H10N4/c14-13-6-5-12(16-17-13)11-8-15-7-9-3-1-2-4-10(9)11/h1-8H,(H2,14,17). The Morgan fingerprint density at radius 2 is 1.76 bits per heavy atom. The Morgan fingerprint density at radius 1 is 0.882 bits per heavy atom. The number of aromatic nitrogens is 3. The van der Waals surface area contributed by atoms with E-state index in [1.165, 1.54) is 0 Å². The molecule has 3 aromatic rings. The molecule has 17 heavy (non-hydrogen) atoms. The first-order chi connectivity index (χ1) is 8.34. The number of nitrogens with zero attached hydrogens (tertiary/aromatic N) is 3. The Kier molecular flexibility index (Phi) is 2.19. The number of fused-ring (bicyclic) bond motifs is 1. The van der Waals surface area contributed by atoms with E-state index in [1.807, 2.05) is 36.5 Å². The first-order valence-corrected chi connectivity index (χ1v) is 5.27. The normalized spacial score (nSPS) is 10.6. The summed E-state index contributed by atoms with van der Waals surface area (Å²) in [6.07, 6.45) is 3.63. The van der Waals surface area contributed by atoms with Crippen LogP contribution in [0, 0.1) is 0 Å². The molecule has 0 radical (unpaired) electrons. The number of nitrogens with two attached hydrogens (primary N) is 1. The fourth-order valence-corrected chi connectivity index (χ4v) is 1.81. The van der Waals surface area contributed by atoms with Crippen molar-refractivity contribution in [2.75, 3.05) is 5.73 Å². The van der Waals surface area contributed by atoms with Crippen molar-refractivity contribution in [1.82, 2.24) is 15.2 Å². The molecule has 3 rings (SSSR count). The zero-order valence-corrected chi connectivity index (χ0v) is 9.04. The van der Waals surface area contributed by atoms with Crippen molar-refractivity contribution >= 4 is 16.6 Å². The quantitative estimate of drug-likeness (QED) is 0.686. The third-order valence-corrected chi connectivity index (χ3v) is 2.63. The van der Waals surface area contributed by atoms with Gasteiger partial charge in [0.15, 0.2) is 0 Å². The third kappa shape index (κ3) is 1.69. The Labute approximate surface area is 98.1 Å². The fourth-order valence-electron chi connectivity index (χ4n) is 1.81. The van der Waals surface area contributed by atoms with Crippen LogP contribution in [0.2, 0.25) is 0 Å². The highest BCUT2D eigenvalue weighted by molar-refractivity contribution is 5.94. The van der Waals surface area contributed by atoms with E-state index in [9.17, 15) is 0 Å². The SMILES string of the molecule is Nc1ccc(-c2cncc3ccccc23)nn1. The molecule has 4 nitrogen and oxygen atoms in total. The van der Waals surface area contributed by atoms with Crippen molar-refractivity contribution in [3.05, 3.63) is 48.8 Å². The molecule has 2 N–H and O–H groups in total. The summed E-state index contributed by atoms with van der Waals surface area (Å²) in [5.41, 5.74) is 7.28. The molecular weight excluding hydrogens is 212 g/mol. The minimum Gasteiger partial charge on any atom is -0.382 e. The van der Waals surface area contributed by atoms with Crippen LogP contribution in [0.5, 0.6) is 0 Å². The van der Waals surface area contributed by atoms with E-state index in [-0.39, 0.29) is 0 Å². The highest BCUT2D eigenvalue weighted by atomic mass is 15.1. The average Bonchev–Trinajstić information content (AvgIpc) is 2.39. The van der Waals surface area contributed by atoms with Gasteiger partial charge in [-0.2, -0.15) is 0 Å². The van der Waals surface area contributed by atoms with Gasteiger partial charge in [0.25, 0.3) is 0 Å². The first-order valence-electron chi connectivity index (χ1n) is 5.27. The maximum atomic E-state index is 5.53. The van der Waals surface area contributed by atoms with Crippen LogP contribution in [0.1, 0.15) is 0 Å². The zero-order valence-electron chi connectivity index (χ0n) is 9.04. The van der Waals surface area contributed by atoms with E-state index in [1.54, 1.807) is 12.3 Å². The Balaban J connectivity index is 2.27. The van der Waals surface area contributed by atoms with Gasteiger partial charge in [-0.05, 0) is 17.5 Å². The van der Waals surface area contributed by atoms with Crippen LogP contribution in [0.25, 0.3) is 22.0 Å². The van der Waals surface area contributed by atoms with Gasteiger partial charge in [-0.3, -0.25) is 4.98 Å². The van der Waals surface area contributed by atoms with Crippen molar-refractivity contribution < 1.29 is 0 Å². The van der Waals surface area contributed by atoms with Gasteiger partial charge in [0.05, 0.1) is 5.69 Å². The molecule has 2 heterocycles. The van der Waals surface area contributed by atoms with Gasteiger partial charge in [0.1, 0.15) is 5.82 Å². The van der Waals surface area contributed by atoms with E-state index < -0.39 is 0 Å². The highest BCUT2D eigenvalue weighted by Crippen LogP contribution is 2.25. The molecule has 2 aromatic heterocycles. The Bertz CT molecular complexity index is 656. The number of pyridine rings is 1. The largest absolute Gasteiger partial charge is 0.382 e. The molecule has 4 heteroatoms. The second-order valence-corrected chi connectivity index (χ2v) is 3.75. The summed E-state index contributed by atoms with van der Waals surface area (Å²) >= 11 is 0. The molecular formula is C13H10N4. The zero-order chi connectivity index (χ0) is 11.7. The van der Waals surface area contributed by atoms with Crippen LogP contribution in [0.4, 0.5) is 5.82 Å². The topological polar surface area (TPSA) is 64.7 Å². The lowest BCUT2D eigenvalue weighted by Gasteiger charge is -2.04. The lowest BCUT2D eigenvalue weighted by atomic mass is 10.1. The average molecular weight is 222 g/mol. The van der Waals surface area contributed by atoms with Crippen LogP contribution in [-0.4, -0.2) is 15.2 Å². The summed E-state index contributed by atoms with van der Waals surface area (Å²) in [5, 5.41) is 10.1. The smallest absolute Gasteiger partial charge is 0.146 e. The van der Waals surface area contributed by atoms with Crippen LogP contribution in [-0.2, 0) is 0 Å². The van der Waals surface area contributed by atoms with E-state index in [2.05, 4.69) is 15.2 Å². The maximum absolute atomic E-state index is 5.53. The van der Waals surface area contributed by atoms with Gasteiger partial charge in [-0.15, -0.1) is 10.2 Å². The van der Waals surface area contributed by atoms with E-state index in [0.29, 0.717) is 5.82 Å². The second-order valence-electron chi connectivity index (χ2n) is 3.75. The predicted octanol–water partition coefficient (Wildman–Crippen LogP) is 2.27. The van der Waals surface area contributed by atoms with Crippen molar-refractivity contribution in [1.29, 1.82) is 0 Å². The molecule has 0 amide bonds. The molecule has 0 atom stereocenters. The lowest BCUT2D eigenvalue weighted by Crippen LogP contribution is -1.94. The van der Waals surface area contributed by atoms with Crippen LogP contribution < -0.4 is 5.73 Å². The highest BCUT2D eigenvalue weighted by Gasteiger charge is 2.05. The molecule has 82 valence electrons. The number of rotatable bonds is 1. The lowest BCUT2D eigenvalue weighted by molar-refractivity contribution is 1.05. The molecule has 0 fully saturated rings. The van der Waals surface area contributed by atoms with Crippen molar-refractivity contribution in [2.45, 2.75) is 0 Å². The summed E-state index contributed by atoms with van der Waals surface area (Å²) < 4.78 is 0. The molecule has 0 saturated heterocycles. The maximum Gasteiger partial charge on any atom is 0.146 e. The Morgan fingerprint density at radius 3 is 2.59 bits per heavy atom. The minimum atomic E-state index is 0.418. The molecule has 0 aliphatic carbocycles. The Hall–Kier alpha value is -2.49. The summed E-state index contributed by atoms with van der Waals surface area (Å²) in [5.74, 6) is 0.418. The molecule has 1 aromatic carbocycles. The summed E-state index contributed by atoms with van der Waals surface area (Å²) in [6, 6.07) is 11.6. The van der Waals surface area contributed by atoms with Gasteiger partial charge in [0.2, 0.25) is 0 Å². The predicted molar refractivity (Wildman–Crippen MR) is 67.2 cm³/mol. The van der Waals surface area contributed by atoms with E-state index in [4.69, 9.17) is 5.73 Å². The van der Waals surface area contributed by atoms with Crippen molar-refractivity contribution in [3.8, 4) is 11.3 Å². The number of anilines is 1. The van der Waals surface area contributed by atoms with Crippen molar-refractivity contribution in [3.63, 3.8) is 0 Å². The van der Waals surface area contributed by atoms with Gasteiger partial charge in [-0.25, -0.2) is 0 Å². The second kappa shape index (κ2) is 3.83. The molecule has 0 unspecified atom stereocenters. The van der Waals surface area contributed by atoms with E-state index >= 15 is 0 Å². The van der Waals surface area contributed by atoms with Crippen molar-refractivity contribution in [2.24, 2.45) is 0 Å². The molecule has 0 spiro atoms. The van der Waals surface area contributed by atoms with Gasteiger partial charge >= 0.3 is 0 Å². The number of hydrogen-bond donors (Lipinski definition) is 1. The van der Waals surface area contributed by atoms with Gasteiger partial charge in [0, 0.05) is 23.3 Å². The third-order valence-electron chi connectivity index (χ3n) is 2.63. The summed E-state index contributed by atoms with van der Waals surface area (Å²) in [7, 11) is 0. The molecule has 0 aliphatic rings. The van der Waals surface area contributed by atoms with Gasteiger partial charge < -0.3 is 5.73 Å². The monoisotopic (exact) mass is 222 g/mol. The molecule has 0 bridgehead atoms. The van der Waals surface area contributed by atoms with Crippen LogP contribution in [0.15, 0.2) is 48.8 Å². The number of nitrogen functional groups attached to an aromatic ring is 1. The minimum absolute atomic E-state index is 0.418. The number of benzene rings is 1. The van der Waals surface area contributed by atoms with Crippen LogP contribution in [0.3, 0.4) is 0 Å².